The predicted molar refractivity (Wildman–Crippen MR) is 77.1 cm³/mol. The molecule has 0 spiro atoms. The van der Waals surface area contributed by atoms with Crippen LogP contribution in [0.3, 0.4) is 0 Å². The molecule has 0 radical (unpaired) electrons. The van der Waals surface area contributed by atoms with Crippen LogP contribution >= 0.6 is 0 Å². The molecule has 1 aliphatic carbocycles. The third-order valence-electron chi connectivity index (χ3n) is 3.51. The fraction of sp³-hybridized carbons (Fsp3) is 0.176. The molecule has 0 saturated carbocycles. The molecule has 19 heavy (non-hydrogen) atoms. The summed E-state index contributed by atoms with van der Waals surface area (Å²) in [4.78, 5) is 16.5. The maximum Gasteiger partial charge on any atom is 0.146 e. The number of hydrogen-bond donors (Lipinski definition) is 0. The minimum absolute atomic E-state index is 0.190. The first kappa shape index (κ1) is 11.8. The molecule has 2 aromatic rings. The van der Waals surface area contributed by atoms with E-state index in [9.17, 15) is 4.79 Å². The Morgan fingerprint density at radius 2 is 1.68 bits per heavy atom. The van der Waals surface area contributed by atoms with E-state index in [-0.39, 0.29) is 11.7 Å². The standard InChI is InChI=1S/C17H15NO/c19-17-11-10-13-6-4-5-9-15(13)16(17)12-18-14-7-2-1-3-8-14/h1-9,12,16H,10-11H2/t16-/m0/s1. The summed E-state index contributed by atoms with van der Waals surface area (Å²) in [5, 5.41) is 0. The molecule has 1 aliphatic rings. The molecule has 0 fully saturated rings. The molecule has 0 N–H and O–H groups in total. The number of aryl methyl sites for hydroxylation is 1. The van der Waals surface area contributed by atoms with Crippen LogP contribution in [-0.2, 0) is 11.2 Å². The van der Waals surface area contributed by atoms with Crippen molar-refractivity contribution in [3.05, 3.63) is 65.7 Å². The summed E-state index contributed by atoms with van der Waals surface area (Å²) in [6, 6.07) is 17.9. The first-order valence-electron chi connectivity index (χ1n) is 6.54. The second kappa shape index (κ2) is 5.19. The van der Waals surface area contributed by atoms with E-state index in [1.54, 1.807) is 6.21 Å². The second-order valence-corrected chi connectivity index (χ2v) is 4.76. The SMILES string of the molecule is O=C1CCc2ccccc2[C@@H]1C=Nc1ccccc1. The Kier molecular flexibility index (Phi) is 3.23. The van der Waals surface area contributed by atoms with E-state index in [0.717, 1.165) is 17.7 Å². The summed E-state index contributed by atoms with van der Waals surface area (Å²) in [6.45, 7) is 0. The summed E-state index contributed by atoms with van der Waals surface area (Å²) < 4.78 is 0. The molecule has 0 unspecified atom stereocenters. The average Bonchev–Trinajstić information content (AvgIpc) is 2.47. The van der Waals surface area contributed by atoms with Gasteiger partial charge >= 0.3 is 0 Å². The van der Waals surface area contributed by atoms with Crippen molar-refractivity contribution >= 4 is 17.7 Å². The van der Waals surface area contributed by atoms with Crippen LogP contribution in [0.25, 0.3) is 0 Å². The number of fused-ring (bicyclic) bond motifs is 1. The Bertz CT molecular complexity index is 616. The third-order valence-corrected chi connectivity index (χ3v) is 3.51. The van der Waals surface area contributed by atoms with Crippen LogP contribution in [0.15, 0.2) is 59.6 Å². The van der Waals surface area contributed by atoms with Crippen LogP contribution < -0.4 is 0 Å². The van der Waals surface area contributed by atoms with Gasteiger partial charge in [-0.15, -0.1) is 0 Å². The highest BCUT2D eigenvalue weighted by atomic mass is 16.1. The minimum atomic E-state index is -0.190. The molecule has 0 saturated heterocycles. The minimum Gasteiger partial charge on any atom is -0.299 e. The van der Waals surface area contributed by atoms with E-state index in [0.29, 0.717) is 6.42 Å². The van der Waals surface area contributed by atoms with Crippen LogP contribution in [0.1, 0.15) is 23.5 Å². The van der Waals surface area contributed by atoms with Gasteiger partial charge < -0.3 is 0 Å². The summed E-state index contributed by atoms with van der Waals surface area (Å²) >= 11 is 0. The van der Waals surface area contributed by atoms with E-state index in [4.69, 9.17) is 0 Å². The number of ketones is 1. The molecule has 0 aliphatic heterocycles. The summed E-state index contributed by atoms with van der Waals surface area (Å²) in [7, 11) is 0. The van der Waals surface area contributed by atoms with Crippen molar-refractivity contribution in [2.24, 2.45) is 4.99 Å². The van der Waals surface area contributed by atoms with Gasteiger partial charge in [0.15, 0.2) is 0 Å². The molecular weight excluding hydrogens is 234 g/mol. The maximum absolute atomic E-state index is 12.1. The number of carbonyl (C=O) groups excluding carboxylic acids is 1. The zero-order valence-electron chi connectivity index (χ0n) is 10.6. The highest BCUT2D eigenvalue weighted by Crippen LogP contribution is 2.28. The average molecular weight is 249 g/mol. The molecule has 0 amide bonds. The van der Waals surface area contributed by atoms with Crippen molar-refractivity contribution in [1.29, 1.82) is 0 Å². The largest absolute Gasteiger partial charge is 0.299 e. The van der Waals surface area contributed by atoms with E-state index in [2.05, 4.69) is 11.1 Å². The molecule has 2 heteroatoms. The Morgan fingerprint density at radius 1 is 0.947 bits per heavy atom. The Labute approximate surface area is 112 Å². The lowest BCUT2D eigenvalue weighted by molar-refractivity contribution is -0.119. The Morgan fingerprint density at radius 3 is 2.53 bits per heavy atom. The zero-order valence-corrected chi connectivity index (χ0v) is 10.6. The molecule has 3 rings (SSSR count). The summed E-state index contributed by atoms with van der Waals surface area (Å²) in [5.74, 6) is 0.0727. The summed E-state index contributed by atoms with van der Waals surface area (Å²) in [6.07, 6.45) is 3.25. The smallest absolute Gasteiger partial charge is 0.146 e. The van der Waals surface area contributed by atoms with Gasteiger partial charge in [0.2, 0.25) is 0 Å². The second-order valence-electron chi connectivity index (χ2n) is 4.76. The lowest BCUT2D eigenvalue weighted by Gasteiger charge is -2.21. The van der Waals surface area contributed by atoms with Crippen LogP contribution in [0.5, 0.6) is 0 Å². The van der Waals surface area contributed by atoms with Gasteiger partial charge in [-0.25, -0.2) is 0 Å². The summed E-state index contributed by atoms with van der Waals surface area (Å²) in [5.41, 5.74) is 3.27. The maximum atomic E-state index is 12.1. The molecule has 94 valence electrons. The van der Waals surface area contributed by atoms with Gasteiger partial charge in [0.1, 0.15) is 5.78 Å². The molecule has 0 bridgehead atoms. The quantitative estimate of drug-likeness (QED) is 0.746. The number of para-hydroxylation sites is 1. The molecule has 0 heterocycles. The topological polar surface area (TPSA) is 29.4 Å². The molecule has 2 aromatic carbocycles. The van der Waals surface area contributed by atoms with Gasteiger partial charge in [0.05, 0.1) is 11.6 Å². The normalized spacial score (nSPS) is 18.5. The lowest BCUT2D eigenvalue weighted by Crippen LogP contribution is -2.21. The third kappa shape index (κ3) is 2.48. The Hall–Kier alpha value is -2.22. The fourth-order valence-corrected chi connectivity index (χ4v) is 2.49. The van der Waals surface area contributed by atoms with Crippen molar-refractivity contribution in [2.75, 3.05) is 0 Å². The van der Waals surface area contributed by atoms with Gasteiger partial charge in [-0.1, -0.05) is 42.5 Å². The zero-order chi connectivity index (χ0) is 13.1. The number of aliphatic imine (C=N–C) groups is 1. The number of benzene rings is 2. The first-order valence-corrected chi connectivity index (χ1v) is 6.54. The van der Waals surface area contributed by atoms with Gasteiger partial charge in [0, 0.05) is 12.6 Å². The van der Waals surface area contributed by atoms with Crippen molar-refractivity contribution in [1.82, 2.24) is 0 Å². The van der Waals surface area contributed by atoms with Gasteiger partial charge in [0.25, 0.3) is 0 Å². The van der Waals surface area contributed by atoms with Crippen molar-refractivity contribution in [3.8, 4) is 0 Å². The fourth-order valence-electron chi connectivity index (χ4n) is 2.49. The molecule has 2 nitrogen and oxygen atoms in total. The number of hydrogen-bond acceptors (Lipinski definition) is 2. The molecule has 1 atom stereocenters. The monoisotopic (exact) mass is 249 g/mol. The number of nitrogens with zero attached hydrogens (tertiary/aromatic N) is 1. The number of rotatable bonds is 2. The highest BCUT2D eigenvalue weighted by molar-refractivity contribution is 6.02. The van der Waals surface area contributed by atoms with E-state index >= 15 is 0 Å². The van der Waals surface area contributed by atoms with Gasteiger partial charge in [-0.3, -0.25) is 9.79 Å². The van der Waals surface area contributed by atoms with Crippen molar-refractivity contribution < 1.29 is 4.79 Å². The lowest BCUT2D eigenvalue weighted by atomic mass is 9.82. The van der Waals surface area contributed by atoms with Gasteiger partial charge in [-0.2, -0.15) is 0 Å². The number of Topliss-reactive ketones (excluding diaryl/α,β-unsaturated/α-hetero) is 1. The van der Waals surface area contributed by atoms with Crippen LogP contribution in [0, 0.1) is 0 Å². The molecule has 0 aromatic heterocycles. The predicted octanol–water partition coefficient (Wildman–Crippen LogP) is 3.69. The van der Waals surface area contributed by atoms with E-state index in [1.165, 1.54) is 5.56 Å². The van der Waals surface area contributed by atoms with Crippen LogP contribution in [0.4, 0.5) is 5.69 Å². The Balaban J connectivity index is 1.92. The van der Waals surface area contributed by atoms with Gasteiger partial charge in [-0.05, 0) is 29.7 Å². The highest BCUT2D eigenvalue weighted by Gasteiger charge is 2.25. The van der Waals surface area contributed by atoms with E-state index < -0.39 is 0 Å². The first-order chi connectivity index (χ1) is 9.34. The van der Waals surface area contributed by atoms with Crippen LogP contribution in [0.2, 0.25) is 0 Å². The number of carbonyl (C=O) groups is 1. The van der Waals surface area contributed by atoms with Crippen molar-refractivity contribution in [3.63, 3.8) is 0 Å². The van der Waals surface area contributed by atoms with E-state index in [1.807, 2.05) is 48.5 Å². The van der Waals surface area contributed by atoms with Crippen LogP contribution in [-0.4, -0.2) is 12.0 Å². The van der Waals surface area contributed by atoms with Crippen molar-refractivity contribution in [2.45, 2.75) is 18.8 Å². The molecular formula is C17H15NO.